The minimum atomic E-state index is -0.444. The van der Waals surface area contributed by atoms with Crippen LogP contribution in [0.2, 0.25) is 0 Å². The summed E-state index contributed by atoms with van der Waals surface area (Å²) in [5, 5.41) is 16.6. The number of nitrogens with one attached hydrogen (secondary N) is 2. The van der Waals surface area contributed by atoms with Crippen molar-refractivity contribution in [3.05, 3.63) is 33.9 Å². The van der Waals surface area contributed by atoms with Crippen molar-refractivity contribution in [1.82, 2.24) is 10.2 Å². The first-order valence-electron chi connectivity index (χ1n) is 6.97. The van der Waals surface area contributed by atoms with Crippen molar-refractivity contribution >= 4 is 17.3 Å². The van der Waals surface area contributed by atoms with E-state index in [1.807, 2.05) is 0 Å². The van der Waals surface area contributed by atoms with E-state index >= 15 is 0 Å². The number of nitrogens with zero attached hydrogens (tertiary/aromatic N) is 2. The molecular weight excluding hydrogens is 272 g/mol. The van der Waals surface area contributed by atoms with Gasteiger partial charge in [0, 0.05) is 37.8 Å². The van der Waals surface area contributed by atoms with Crippen molar-refractivity contribution in [2.45, 2.75) is 18.9 Å². The van der Waals surface area contributed by atoms with E-state index in [-0.39, 0.29) is 11.6 Å². The lowest BCUT2D eigenvalue weighted by atomic mass is 10.1. The number of hydrogen-bond donors (Lipinski definition) is 2. The first kappa shape index (κ1) is 15.2. The van der Waals surface area contributed by atoms with Crippen LogP contribution in [0, 0.1) is 10.1 Å². The molecule has 21 heavy (non-hydrogen) atoms. The third-order valence-electron chi connectivity index (χ3n) is 3.63. The van der Waals surface area contributed by atoms with E-state index in [1.54, 1.807) is 0 Å². The molecule has 1 fully saturated rings. The Bertz CT molecular complexity index is 543. The lowest BCUT2D eigenvalue weighted by molar-refractivity contribution is -0.384. The van der Waals surface area contributed by atoms with Gasteiger partial charge in [0.1, 0.15) is 5.69 Å². The van der Waals surface area contributed by atoms with Gasteiger partial charge in [0.15, 0.2) is 0 Å². The molecule has 1 saturated carbocycles. The maximum absolute atomic E-state index is 11.6. The van der Waals surface area contributed by atoms with Crippen LogP contribution in [0.3, 0.4) is 0 Å². The molecule has 0 unspecified atom stereocenters. The van der Waals surface area contributed by atoms with Gasteiger partial charge in [0.2, 0.25) is 0 Å². The second kappa shape index (κ2) is 6.53. The first-order chi connectivity index (χ1) is 10.0. The van der Waals surface area contributed by atoms with E-state index in [4.69, 9.17) is 0 Å². The van der Waals surface area contributed by atoms with Gasteiger partial charge in [-0.1, -0.05) is 0 Å². The van der Waals surface area contributed by atoms with Crippen molar-refractivity contribution in [1.29, 1.82) is 0 Å². The number of carbonyl (C=O) groups is 1. The molecule has 0 heterocycles. The van der Waals surface area contributed by atoms with Crippen LogP contribution in [-0.2, 0) is 0 Å². The Morgan fingerprint density at radius 2 is 2.19 bits per heavy atom. The van der Waals surface area contributed by atoms with Crippen LogP contribution >= 0.6 is 0 Å². The minimum absolute atomic E-state index is 0.0169. The van der Waals surface area contributed by atoms with E-state index in [0.717, 1.165) is 6.54 Å². The highest BCUT2D eigenvalue weighted by Gasteiger charge is 2.25. The molecular formula is C14H20N4O3. The van der Waals surface area contributed by atoms with Crippen molar-refractivity contribution in [2.75, 3.05) is 32.5 Å². The van der Waals surface area contributed by atoms with E-state index in [0.29, 0.717) is 23.8 Å². The molecule has 1 amide bonds. The topological polar surface area (TPSA) is 87.5 Å². The number of rotatable bonds is 7. The average molecular weight is 292 g/mol. The lowest BCUT2D eigenvalue weighted by Gasteiger charge is -2.16. The Labute approximate surface area is 123 Å². The van der Waals surface area contributed by atoms with Crippen LogP contribution in [0.15, 0.2) is 18.2 Å². The van der Waals surface area contributed by atoms with Crippen molar-refractivity contribution in [2.24, 2.45) is 0 Å². The third-order valence-corrected chi connectivity index (χ3v) is 3.63. The quantitative estimate of drug-likeness (QED) is 0.587. The summed E-state index contributed by atoms with van der Waals surface area (Å²) < 4.78 is 0. The van der Waals surface area contributed by atoms with Gasteiger partial charge in [-0.2, -0.15) is 0 Å². The molecule has 1 aromatic rings. The van der Waals surface area contributed by atoms with Gasteiger partial charge in [0.25, 0.3) is 11.6 Å². The van der Waals surface area contributed by atoms with Crippen LogP contribution in [0.5, 0.6) is 0 Å². The Morgan fingerprint density at radius 1 is 1.48 bits per heavy atom. The summed E-state index contributed by atoms with van der Waals surface area (Å²) in [5.74, 6) is -0.261. The molecule has 2 rings (SSSR count). The van der Waals surface area contributed by atoms with Crippen LogP contribution < -0.4 is 10.6 Å². The fourth-order valence-electron chi connectivity index (χ4n) is 2.19. The number of nitro benzene ring substituents is 1. The zero-order chi connectivity index (χ0) is 15.4. The Kier molecular flexibility index (Phi) is 4.74. The van der Waals surface area contributed by atoms with Crippen LogP contribution in [0.1, 0.15) is 23.2 Å². The fraction of sp³-hybridized carbons (Fsp3) is 0.500. The largest absolute Gasteiger partial charge is 0.378 e. The predicted octanol–water partition coefficient (Wildman–Crippen LogP) is 1.46. The molecule has 2 N–H and O–H groups in total. The van der Waals surface area contributed by atoms with E-state index in [2.05, 4.69) is 22.6 Å². The summed E-state index contributed by atoms with van der Waals surface area (Å²) >= 11 is 0. The van der Waals surface area contributed by atoms with Gasteiger partial charge < -0.3 is 15.5 Å². The summed E-state index contributed by atoms with van der Waals surface area (Å²) in [4.78, 5) is 24.4. The van der Waals surface area contributed by atoms with Gasteiger partial charge in [-0.05, 0) is 32.0 Å². The molecule has 0 aliphatic heterocycles. The van der Waals surface area contributed by atoms with Crippen molar-refractivity contribution in [3.63, 3.8) is 0 Å². The predicted molar refractivity (Wildman–Crippen MR) is 80.6 cm³/mol. The fourth-order valence-corrected chi connectivity index (χ4v) is 2.19. The highest BCUT2D eigenvalue weighted by atomic mass is 16.6. The second-order valence-corrected chi connectivity index (χ2v) is 5.21. The van der Waals surface area contributed by atoms with Crippen LogP contribution in [0.4, 0.5) is 11.4 Å². The highest BCUT2D eigenvalue weighted by molar-refractivity contribution is 5.95. The molecule has 1 aliphatic rings. The number of benzene rings is 1. The number of nitro groups is 1. The molecule has 0 spiro atoms. The van der Waals surface area contributed by atoms with Crippen molar-refractivity contribution < 1.29 is 9.72 Å². The SMILES string of the molecule is CNC(=O)c1ccc([N+](=O)[O-])c(NCCN(C)C2CC2)c1. The molecule has 0 bridgehead atoms. The average Bonchev–Trinajstić information content (AvgIpc) is 3.30. The van der Waals surface area contributed by atoms with Gasteiger partial charge in [-0.15, -0.1) is 0 Å². The molecule has 7 nitrogen and oxygen atoms in total. The number of amides is 1. The molecule has 114 valence electrons. The summed E-state index contributed by atoms with van der Waals surface area (Å²) in [6, 6.07) is 4.99. The van der Waals surface area contributed by atoms with Gasteiger partial charge in [0.05, 0.1) is 4.92 Å². The number of hydrogen-bond acceptors (Lipinski definition) is 5. The van der Waals surface area contributed by atoms with Crippen LogP contribution in [0.25, 0.3) is 0 Å². The zero-order valence-electron chi connectivity index (χ0n) is 12.3. The number of carbonyl (C=O) groups excluding carboxylic acids is 1. The van der Waals surface area contributed by atoms with Gasteiger partial charge in [-0.25, -0.2) is 0 Å². The van der Waals surface area contributed by atoms with Gasteiger partial charge >= 0.3 is 0 Å². The normalized spacial score (nSPS) is 14.0. The monoisotopic (exact) mass is 292 g/mol. The Hall–Kier alpha value is -2.15. The van der Waals surface area contributed by atoms with E-state index < -0.39 is 4.92 Å². The molecule has 1 aromatic carbocycles. The minimum Gasteiger partial charge on any atom is -0.378 e. The van der Waals surface area contributed by atoms with E-state index in [9.17, 15) is 14.9 Å². The number of likely N-dealkylation sites (N-methyl/N-ethyl adjacent to an activating group) is 1. The molecule has 0 radical (unpaired) electrons. The van der Waals surface area contributed by atoms with Crippen molar-refractivity contribution in [3.8, 4) is 0 Å². The highest BCUT2D eigenvalue weighted by Crippen LogP contribution is 2.27. The Morgan fingerprint density at radius 3 is 2.76 bits per heavy atom. The zero-order valence-corrected chi connectivity index (χ0v) is 12.3. The summed E-state index contributed by atoms with van der Waals surface area (Å²) in [6.45, 7) is 1.41. The third kappa shape index (κ3) is 3.91. The standard InChI is InChI=1S/C14H20N4O3/c1-15-14(19)10-3-6-13(18(20)21)12(9-10)16-7-8-17(2)11-4-5-11/h3,6,9,11,16H,4-5,7-8H2,1-2H3,(H,15,19). The maximum Gasteiger partial charge on any atom is 0.292 e. The first-order valence-corrected chi connectivity index (χ1v) is 6.97. The molecule has 0 aromatic heterocycles. The molecule has 1 aliphatic carbocycles. The summed E-state index contributed by atoms with van der Waals surface area (Å²) in [7, 11) is 3.58. The van der Waals surface area contributed by atoms with Gasteiger partial charge in [-0.3, -0.25) is 14.9 Å². The van der Waals surface area contributed by atoms with E-state index in [1.165, 1.54) is 38.1 Å². The maximum atomic E-state index is 11.6. The molecule has 7 heteroatoms. The second-order valence-electron chi connectivity index (χ2n) is 5.21. The smallest absolute Gasteiger partial charge is 0.292 e. The molecule has 0 saturated heterocycles. The lowest BCUT2D eigenvalue weighted by Crippen LogP contribution is -2.27. The Balaban J connectivity index is 2.06. The summed E-state index contributed by atoms with van der Waals surface area (Å²) in [6.07, 6.45) is 2.45. The number of anilines is 1. The summed E-state index contributed by atoms with van der Waals surface area (Å²) in [5.41, 5.74) is 0.767. The van der Waals surface area contributed by atoms with Crippen LogP contribution in [-0.4, -0.2) is 49.0 Å². The molecule has 0 atom stereocenters.